The van der Waals surface area contributed by atoms with Crippen LogP contribution in [-0.2, 0) is 14.3 Å². The number of benzene rings is 2. The predicted octanol–water partition coefficient (Wildman–Crippen LogP) is 4.17. The van der Waals surface area contributed by atoms with Crippen LogP contribution in [0.25, 0.3) is 0 Å². The molecule has 1 N–H and O–H groups in total. The summed E-state index contributed by atoms with van der Waals surface area (Å²) < 4.78 is 5.34. The number of carbonyl (C=O) groups excluding carboxylic acids is 3. The minimum absolute atomic E-state index is 0.0180. The first-order valence-corrected chi connectivity index (χ1v) is 9.57. The third kappa shape index (κ3) is 5.96. The monoisotopic (exact) mass is 385 g/mol. The molecule has 0 spiro atoms. The van der Waals surface area contributed by atoms with Crippen molar-refractivity contribution in [3.05, 3.63) is 59.2 Å². The number of anilines is 1. The molecule has 5 nitrogen and oxygen atoms in total. The average molecular weight is 385 g/mol. The molecule has 2 aromatic carbocycles. The first kappa shape index (κ1) is 20.7. The Kier molecular flexibility index (Phi) is 7.19. The van der Waals surface area contributed by atoms with Crippen molar-refractivity contribution >= 4 is 35.1 Å². The van der Waals surface area contributed by atoms with Gasteiger partial charge in [-0.25, -0.2) is 4.79 Å². The van der Waals surface area contributed by atoms with Gasteiger partial charge in [-0.05, 0) is 57.0 Å². The first-order chi connectivity index (χ1) is 12.8. The fraction of sp³-hybridized carbons (Fsp3) is 0.286. The van der Waals surface area contributed by atoms with Gasteiger partial charge in [0.05, 0.1) is 11.3 Å². The smallest absolute Gasteiger partial charge is 0.340 e. The van der Waals surface area contributed by atoms with Crippen molar-refractivity contribution in [2.24, 2.45) is 0 Å². The molecular formula is C21H23NO4S. The maximum absolute atomic E-state index is 12.5. The molecule has 2 aromatic rings. The number of hydrogen-bond acceptors (Lipinski definition) is 5. The Bertz CT molecular complexity index is 863. The lowest BCUT2D eigenvalue weighted by Crippen LogP contribution is -2.30. The highest BCUT2D eigenvalue weighted by molar-refractivity contribution is 8.00. The molecule has 0 unspecified atom stereocenters. The fourth-order valence-corrected chi connectivity index (χ4v) is 3.16. The van der Waals surface area contributed by atoms with Gasteiger partial charge < -0.3 is 10.1 Å². The Labute approximate surface area is 163 Å². The number of nitrogens with one attached hydrogen (secondary N) is 1. The number of esters is 1. The first-order valence-electron chi connectivity index (χ1n) is 8.58. The molecule has 0 aliphatic carbocycles. The van der Waals surface area contributed by atoms with Crippen molar-refractivity contribution < 1.29 is 19.1 Å². The zero-order chi connectivity index (χ0) is 20.0. The Hall–Kier alpha value is -2.60. The molecule has 0 saturated carbocycles. The summed E-state index contributed by atoms with van der Waals surface area (Å²) in [6.45, 7) is 6.86. The van der Waals surface area contributed by atoms with Gasteiger partial charge in [0, 0.05) is 10.6 Å². The minimum Gasteiger partial charge on any atom is -0.449 e. The summed E-state index contributed by atoms with van der Waals surface area (Å²) in [4.78, 5) is 36.8. The largest absolute Gasteiger partial charge is 0.449 e. The Morgan fingerprint density at radius 2 is 1.81 bits per heavy atom. The highest BCUT2D eigenvalue weighted by atomic mass is 32.2. The lowest BCUT2D eigenvalue weighted by molar-refractivity contribution is -0.123. The SMILES string of the molecule is CC(=O)CSc1ccccc1C(=O)O[C@H](C)C(=O)Nc1cc(C)ccc1C. The van der Waals surface area contributed by atoms with Crippen LogP contribution < -0.4 is 5.32 Å². The number of carbonyl (C=O) groups is 3. The molecule has 0 fully saturated rings. The van der Waals surface area contributed by atoms with Crippen molar-refractivity contribution in [2.75, 3.05) is 11.1 Å². The van der Waals surface area contributed by atoms with E-state index in [1.54, 1.807) is 24.3 Å². The topological polar surface area (TPSA) is 72.5 Å². The van der Waals surface area contributed by atoms with Crippen LogP contribution in [-0.4, -0.2) is 29.5 Å². The van der Waals surface area contributed by atoms with Gasteiger partial charge in [-0.1, -0.05) is 24.3 Å². The van der Waals surface area contributed by atoms with Crippen LogP contribution in [0.2, 0.25) is 0 Å². The summed E-state index contributed by atoms with van der Waals surface area (Å²) in [5.41, 5.74) is 2.99. The Morgan fingerprint density at radius 1 is 1.11 bits per heavy atom. The normalized spacial score (nSPS) is 11.6. The molecule has 142 valence electrons. The van der Waals surface area contributed by atoms with Crippen LogP contribution >= 0.6 is 11.8 Å². The second-order valence-corrected chi connectivity index (χ2v) is 7.36. The Morgan fingerprint density at radius 3 is 2.52 bits per heavy atom. The average Bonchev–Trinajstić information content (AvgIpc) is 2.63. The van der Waals surface area contributed by atoms with Crippen LogP contribution in [0.1, 0.15) is 35.3 Å². The van der Waals surface area contributed by atoms with Gasteiger partial charge >= 0.3 is 5.97 Å². The van der Waals surface area contributed by atoms with Crippen molar-refractivity contribution in [1.29, 1.82) is 0 Å². The van der Waals surface area contributed by atoms with Gasteiger partial charge in [0.15, 0.2) is 6.10 Å². The van der Waals surface area contributed by atoms with E-state index in [0.717, 1.165) is 11.1 Å². The second kappa shape index (κ2) is 9.37. The molecule has 0 saturated heterocycles. The van der Waals surface area contributed by atoms with E-state index in [1.165, 1.54) is 25.6 Å². The van der Waals surface area contributed by atoms with Crippen molar-refractivity contribution in [3.63, 3.8) is 0 Å². The lowest BCUT2D eigenvalue weighted by atomic mass is 10.1. The van der Waals surface area contributed by atoms with Crippen molar-refractivity contribution in [1.82, 2.24) is 0 Å². The quantitative estimate of drug-likeness (QED) is 0.572. The molecular weight excluding hydrogens is 362 g/mol. The van der Waals surface area contributed by atoms with E-state index in [9.17, 15) is 14.4 Å². The zero-order valence-corrected chi connectivity index (χ0v) is 16.7. The van der Waals surface area contributed by atoms with Crippen LogP contribution in [0.3, 0.4) is 0 Å². The Balaban J connectivity index is 2.05. The molecule has 0 radical (unpaired) electrons. The van der Waals surface area contributed by atoms with Gasteiger partial charge in [0.1, 0.15) is 5.78 Å². The second-order valence-electron chi connectivity index (χ2n) is 6.34. The standard InChI is InChI=1S/C21H23NO4S/c1-13-9-10-14(2)18(11-13)22-20(24)16(4)26-21(25)17-7-5-6-8-19(17)27-12-15(3)23/h5-11,16H,12H2,1-4H3,(H,22,24)/t16-/m1/s1. The van der Waals surface area contributed by atoms with E-state index < -0.39 is 18.0 Å². The summed E-state index contributed by atoms with van der Waals surface area (Å²) in [5.74, 6) is -0.701. The zero-order valence-electron chi connectivity index (χ0n) is 15.9. The molecule has 0 aliphatic rings. The van der Waals surface area contributed by atoms with E-state index in [0.29, 0.717) is 16.1 Å². The number of hydrogen-bond donors (Lipinski definition) is 1. The molecule has 1 amide bonds. The number of ether oxygens (including phenoxy) is 1. The van der Waals surface area contributed by atoms with Gasteiger partial charge in [-0.15, -0.1) is 11.8 Å². The third-order valence-electron chi connectivity index (χ3n) is 3.84. The molecule has 0 aliphatic heterocycles. The molecule has 2 rings (SSSR count). The van der Waals surface area contributed by atoms with E-state index in [-0.39, 0.29) is 11.5 Å². The highest BCUT2D eigenvalue weighted by Crippen LogP contribution is 2.24. The van der Waals surface area contributed by atoms with E-state index in [4.69, 9.17) is 4.74 Å². The van der Waals surface area contributed by atoms with Gasteiger partial charge in [0.2, 0.25) is 0 Å². The highest BCUT2D eigenvalue weighted by Gasteiger charge is 2.21. The number of thioether (sulfide) groups is 1. The lowest BCUT2D eigenvalue weighted by Gasteiger charge is -2.16. The van der Waals surface area contributed by atoms with Crippen LogP contribution in [0.5, 0.6) is 0 Å². The van der Waals surface area contributed by atoms with Crippen LogP contribution in [0.4, 0.5) is 5.69 Å². The number of amides is 1. The van der Waals surface area contributed by atoms with E-state index >= 15 is 0 Å². The molecule has 0 bridgehead atoms. The van der Waals surface area contributed by atoms with E-state index in [1.807, 2.05) is 32.0 Å². The summed E-state index contributed by atoms with van der Waals surface area (Å²) in [6, 6.07) is 12.6. The minimum atomic E-state index is -0.955. The maximum Gasteiger partial charge on any atom is 0.340 e. The summed E-state index contributed by atoms with van der Waals surface area (Å²) >= 11 is 1.27. The third-order valence-corrected chi connectivity index (χ3v) is 5.06. The number of Topliss-reactive ketones (excluding diaryl/α,β-unsaturated/α-hetero) is 1. The van der Waals surface area contributed by atoms with Gasteiger partial charge in [-0.3, -0.25) is 9.59 Å². The molecule has 0 heterocycles. The van der Waals surface area contributed by atoms with Crippen molar-refractivity contribution in [2.45, 2.75) is 38.7 Å². The fourth-order valence-electron chi connectivity index (χ4n) is 2.32. The molecule has 6 heteroatoms. The van der Waals surface area contributed by atoms with Crippen LogP contribution in [0, 0.1) is 13.8 Å². The number of ketones is 1. The van der Waals surface area contributed by atoms with Crippen molar-refractivity contribution in [3.8, 4) is 0 Å². The summed E-state index contributed by atoms with van der Waals surface area (Å²) in [6.07, 6.45) is -0.955. The summed E-state index contributed by atoms with van der Waals surface area (Å²) in [5, 5.41) is 2.80. The van der Waals surface area contributed by atoms with Crippen LogP contribution in [0.15, 0.2) is 47.4 Å². The summed E-state index contributed by atoms with van der Waals surface area (Å²) in [7, 11) is 0. The number of aryl methyl sites for hydroxylation is 2. The molecule has 0 aromatic heterocycles. The predicted molar refractivity (Wildman–Crippen MR) is 107 cm³/mol. The molecule has 1 atom stereocenters. The maximum atomic E-state index is 12.5. The number of rotatable bonds is 7. The van der Waals surface area contributed by atoms with E-state index in [2.05, 4.69) is 5.32 Å². The molecule has 27 heavy (non-hydrogen) atoms. The van der Waals surface area contributed by atoms with Gasteiger partial charge in [-0.2, -0.15) is 0 Å². The van der Waals surface area contributed by atoms with Gasteiger partial charge in [0.25, 0.3) is 5.91 Å².